The van der Waals surface area contributed by atoms with Crippen LogP contribution in [-0.4, -0.2) is 28.6 Å². The van der Waals surface area contributed by atoms with Gasteiger partial charge < -0.3 is 5.11 Å². The van der Waals surface area contributed by atoms with Crippen LogP contribution in [0.1, 0.15) is 68.3 Å². The molecule has 122 valence electrons. The smallest absolute Gasteiger partial charge is 0.335 e. The van der Waals surface area contributed by atoms with E-state index in [1.807, 2.05) is 12.1 Å². The Balaban J connectivity index is 2.08. The van der Waals surface area contributed by atoms with Gasteiger partial charge in [-0.15, -0.1) is 0 Å². The highest BCUT2D eigenvalue weighted by Gasteiger charge is 2.24. The topological polar surface area (TPSA) is 40.5 Å². The van der Waals surface area contributed by atoms with Crippen molar-refractivity contribution in [3.8, 4) is 0 Å². The van der Waals surface area contributed by atoms with E-state index in [0.717, 1.165) is 24.6 Å². The number of aromatic carboxylic acids is 1. The zero-order chi connectivity index (χ0) is 15.9. The van der Waals surface area contributed by atoms with Crippen molar-refractivity contribution in [2.24, 2.45) is 5.92 Å². The maximum atomic E-state index is 11.1. The SMILES string of the molecule is CCCCN(Cc1cccc(C(=O)O)c1)C1CCCC(C)C1. The lowest BCUT2D eigenvalue weighted by molar-refractivity contribution is 0.0696. The number of unbranched alkanes of at least 4 members (excludes halogenated alkanes) is 1. The molecule has 0 radical (unpaired) electrons. The van der Waals surface area contributed by atoms with Crippen LogP contribution in [0.25, 0.3) is 0 Å². The molecule has 0 saturated heterocycles. The first-order valence-electron chi connectivity index (χ1n) is 8.66. The summed E-state index contributed by atoms with van der Waals surface area (Å²) in [5.41, 5.74) is 1.51. The van der Waals surface area contributed by atoms with Crippen LogP contribution in [0.5, 0.6) is 0 Å². The van der Waals surface area contributed by atoms with Crippen molar-refractivity contribution in [2.45, 2.75) is 65.0 Å². The lowest BCUT2D eigenvalue weighted by Gasteiger charge is -2.37. The second-order valence-electron chi connectivity index (χ2n) is 6.76. The van der Waals surface area contributed by atoms with Gasteiger partial charge in [0.2, 0.25) is 0 Å². The maximum Gasteiger partial charge on any atom is 0.335 e. The standard InChI is InChI=1S/C19H29NO2/c1-3-4-11-20(18-10-5-7-15(2)12-18)14-16-8-6-9-17(13-16)19(21)22/h6,8-9,13,15,18H,3-5,7,10-12,14H2,1-2H3,(H,21,22). The summed E-state index contributed by atoms with van der Waals surface area (Å²) in [6, 6.07) is 8.07. The van der Waals surface area contributed by atoms with Crippen LogP contribution < -0.4 is 0 Å². The molecule has 1 N–H and O–H groups in total. The molecule has 1 aliphatic rings. The first kappa shape index (κ1) is 17.0. The molecular formula is C19H29NO2. The number of hydrogen-bond acceptors (Lipinski definition) is 2. The van der Waals surface area contributed by atoms with Gasteiger partial charge >= 0.3 is 5.97 Å². The zero-order valence-corrected chi connectivity index (χ0v) is 13.9. The molecule has 0 heterocycles. The summed E-state index contributed by atoms with van der Waals surface area (Å²) in [7, 11) is 0. The van der Waals surface area contributed by atoms with Crippen molar-refractivity contribution in [3.05, 3.63) is 35.4 Å². The van der Waals surface area contributed by atoms with E-state index in [4.69, 9.17) is 5.11 Å². The number of carbonyl (C=O) groups is 1. The van der Waals surface area contributed by atoms with Gasteiger partial charge in [-0.05, 0) is 49.4 Å². The molecule has 0 aliphatic heterocycles. The molecule has 3 heteroatoms. The number of carboxylic acid groups (broad SMARTS) is 1. The fourth-order valence-electron chi connectivity index (χ4n) is 3.52. The number of hydrogen-bond donors (Lipinski definition) is 1. The zero-order valence-electron chi connectivity index (χ0n) is 13.9. The highest BCUT2D eigenvalue weighted by molar-refractivity contribution is 5.87. The first-order chi connectivity index (χ1) is 10.6. The third kappa shape index (κ3) is 4.84. The van der Waals surface area contributed by atoms with E-state index >= 15 is 0 Å². The quantitative estimate of drug-likeness (QED) is 0.802. The van der Waals surface area contributed by atoms with Gasteiger partial charge in [0.15, 0.2) is 0 Å². The van der Waals surface area contributed by atoms with Crippen molar-refractivity contribution >= 4 is 5.97 Å². The molecule has 0 spiro atoms. The molecule has 22 heavy (non-hydrogen) atoms. The normalized spacial score (nSPS) is 22.0. The lowest BCUT2D eigenvalue weighted by Crippen LogP contribution is -2.38. The Labute approximate surface area is 134 Å². The van der Waals surface area contributed by atoms with Crippen molar-refractivity contribution in [2.75, 3.05) is 6.54 Å². The Morgan fingerprint density at radius 1 is 1.36 bits per heavy atom. The molecule has 0 amide bonds. The Morgan fingerprint density at radius 3 is 2.86 bits per heavy atom. The molecule has 1 fully saturated rings. The largest absolute Gasteiger partial charge is 0.478 e. The predicted octanol–water partition coefficient (Wildman–Crippen LogP) is 4.57. The summed E-state index contributed by atoms with van der Waals surface area (Å²) in [4.78, 5) is 13.7. The summed E-state index contributed by atoms with van der Waals surface area (Å²) >= 11 is 0. The summed E-state index contributed by atoms with van der Waals surface area (Å²) < 4.78 is 0. The molecule has 1 aromatic carbocycles. The monoisotopic (exact) mass is 303 g/mol. The predicted molar refractivity (Wildman–Crippen MR) is 90.1 cm³/mol. The van der Waals surface area contributed by atoms with E-state index in [2.05, 4.69) is 24.8 Å². The summed E-state index contributed by atoms with van der Waals surface area (Å²) in [5.74, 6) is -0.0264. The Bertz CT molecular complexity index is 486. The van der Waals surface area contributed by atoms with E-state index in [0.29, 0.717) is 11.6 Å². The van der Waals surface area contributed by atoms with E-state index in [1.165, 1.54) is 38.5 Å². The van der Waals surface area contributed by atoms with Crippen LogP contribution in [0, 0.1) is 5.92 Å². The molecule has 1 saturated carbocycles. The number of rotatable bonds is 7. The third-order valence-corrected chi connectivity index (χ3v) is 4.78. The molecular weight excluding hydrogens is 274 g/mol. The fourth-order valence-corrected chi connectivity index (χ4v) is 3.52. The second-order valence-corrected chi connectivity index (χ2v) is 6.76. The van der Waals surface area contributed by atoms with Crippen LogP contribution in [0.3, 0.4) is 0 Å². The number of nitrogens with zero attached hydrogens (tertiary/aromatic N) is 1. The van der Waals surface area contributed by atoms with Gasteiger partial charge in [-0.3, -0.25) is 4.90 Å². The molecule has 2 rings (SSSR count). The van der Waals surface area contributed by atoms with Crippen molar-refractivity contribution in [1.82, 2.24) is 4.90 Å². The van der Waals surface area contributed by atoms with Crippen LogP contribution in [0.4, 0.5) is 0 Å². The summed E-state index contributed by atoms with van der Waals surface area (Å²) in [5, 5.41) is 9.15. The van der Waals surface area contributed by atoms with Crippen molar-refractivity contribution < 1.29 is 9.90 Å². The van der Waals surface area contributed by atoms with Crippen LogP contribution in [0.2, 0.25) is 0 Å². The average molecular weight is 303 g/mol. The van der Waals surface area contributed by atoms with Gasteiger partial charge in [0.25, 0.3) is 0 Å². The highest BCUT2D eigenvalue weighted by atomic mass is 16.4. The van der Waals surface area contributed by atoms with Crippen LogP contribution in [-0.2, 0) is 6.54 Å². The third-order valence-electron chi connectivity index (χ3n) is 4.78. The average Bonchev–Trinajstić information content (AvgIpc) is 2.51. The molecule has 3 nitrogen and oxygen atoms in total. The van der Waals surface area contributed by atoms with Gasteiger partial charge in [-0.25, -0.2) is 4.79 Å². The lowest BCUT2D eigenvalue weighted by atomic mass is 9.86. The van der Waals surface area contributed by atoms with E-state index in [-0.39, 0.29) is 0 Å². The summed E-state index contributed by atoms with van der Waals surface area (Å²) in [6.45, 7) is 6.58. The molecule has 2 unspecified atom stereocenters. The second kappa shape index (κ2) is 8.33. The molecule has 0 aromatic heterocycles. The molecule has 1 aromatic rings. The number of benzene rings is 1. The van der Waals surface area contributed by atoms with Gasteiger partial charge in [0, 0.05) is 12.6 Å². The Morgan fingerprint density at radius 2 is 2.18 bits per heavy atom. The molecule has 2 atom stereocenters. The molecule has 1 aliphatic carbocycles. The minimum atomic E-state index is -0.840. The van der Waals surface area contributed by atoms with E-state index in [9.17, 15) is 4.79 Å². The van der Waals surface area contributed by atoms with Crippen molar-refractivity contribution in [1.29, 1.82) is 0 Å². The summed E-state index contributed by atoms with van der Waals surface area (Å²) in [6.07, 6.45) is 7.66. The fraction of sp³-hybridized carbons (Fsp3) is 0.632. The number of carboxylic acids is 1. The minimum Gasteiger partial charge on any atom is -0.478 e. The van der Waals surface area contributed by atoms with Crippen molar-refractivity contribution in [3.63, 3.8) is 0 Å². The van der Waals surface area contributed by atoms with Gasteiger partial charge in [0.05, 0.1) is 5.56 Å². The Hall–Kier alpha value is -1.35. The first-order valence-corrected chi connectivity index (χ1v) is 8.66. The van der Waals surface area contributed by atoms with E-state index in [1.54, 1.807) is 6.07 Å². The highest BCUT2D eigenvalue weighted by Crippen LogP contribution is 2.28. The van der Waals surface area contributed by atoms with Gasteiger partial charge in [-0.1, -0.05) is 45.2 Å². The van der Waals surface area contributed by atoms with Crippen LogP contribution >= 0.6 is 0 Å². The van der Waals surface area contributed by atoms with Crippen LogP contribution in [0.15, 0.2) is 24.3 Å². The van der Waals surface area contributed by atoms with E-state index < -0.39 is 5.97 Å². The Kier molecular flexibility index (Phi) is 6.44. The molecule has 0 bridgehead atoms. The van der Waals surface area contributed by atoms with Gasteiger partial charge in [0.1, 0.15) is 0 Å². The van der Waals surface area contributed by atoms with Gasteiger partial charge in [-0.2, -0.15) is 0 Å². The maximum absolute atomic E-state index is 11.1. The minimum absolute atomic E-state index is 0.393.